The lowest BCUT2D eigenvalue weighted by atomic mass is 10.1. The van der Waals surface area contributed by atoms with Crippen LogP contribution in [-0.2, 0) is 4.74 Å². The monoisotopic (exact) mass is 184 g/mol. The Labute approximate surface area is 70.9 Å². The van der Waals surface area contributed by atoms with E-state index >= 15 is 0 Å². The van der Waals surface area contributed by atoms with Gasteiger partial charge in [0.25, 0.3) is 0 Å². The molecule has 0 spiro atoms. The fraction of sp³-hybridized carbons (Fsp3) is 1.00. The minimum absolute atomic E-state index is 0.106. The molecule has 0 bridgehead atoms. The van der Waals surface area contributed by atoms with E-state index in [1.807, 2.05) is 13.8 Å². The van der Waals surface area contributed by atoms with Crippen LogP contribution in [0.4, 0.5) is 13.2 Å². The molecule has 0 saturated heterocycles. The van der Waals surface area contributed by atoms with Crippen molar-refractivity contribution in [1.82, 2.24) is 0 Å². The summed E-state index contributed by atoms with van der Waals surface area (Å²) in [5.74, 6) is 0.106. The fourth-order valence-electron chi connectivity index (χ4n) is 0.556. The minimum Gasteiger partial charge on any atom is -0.366 e. The maximum absolute atomic E-state index is 11.9. The summed E-state index contributed by atoms with van der Waals surface area (Å²) in [4.78, 5) is 0. The molecule has 0 amide bonds. The second-order valence-electron chi connectivity index (χ2n) is 3.27. The second-order valence-corrected chi connectivity index (χ2v) is 3.27. The van der Waals surface area contributed by atoms with Crippen LogP contribution in [0, 0.1) is 5.92 Å². The van der Waals surface area contributed by atoms with Crippen molar-refractivity contribution in [2.75, 3.05) is 0 Å². The van der Waals surface area contributed by atoms with Gasteiger partial charge in [-0.05, 0) is 19.8 Å². The van der Waals surface area contributed by atoms with Gasteiger partial charge >= 0.3 is 6.18 Å². The van der Waals surface area contributed by atoms with Gasteiger partial charge in [-0.2, -0.15) is 13.2 Å². The van der Waals surface area contributed by atoms with Crippen LogP contribution in [0.5, 0.6) is 0 Å². The van der Waals surface area contributed by atoms with Crippen molar-refractivity contribution in [3.05, 3.63) is 0 Å². The molecule has 0 rings (SSSR count). The number of halogens is 3. The molecule has 4 heteroatoms. The second kappa shape index (κ2) is 4.12. The highest BCUT2D eigenvalue weighted by molar-refractivity contribution is 4.65. The fourth-order valence-corrected chi connectivity index (χ4v) is 0.556. The number of alkyl halides is 3. The van der Waals surface area contributed by atoms with E-state index < -0.39 is 12.3 Å². The van der Waals surface area contributed by atoms with Crippen LogP contribution in [0.3, 0.4) is 0 Å². The highest BCUT2D eigenvalue weighted by Gasteiger charge is 2.38. The molecule has 1 nitrogen and oxygen atoms in total. The zero-order valence-electron chi connectivity index (χ0n) is 7.77. The lowest BCUT2D eigenvalue weighted by molar-refractivity contribution is -0.228. The summed E-state index contributed by atoms with van der Waals surface area (Å²) in [6.45, 7) is 6.33. The van der Waals surface area contributed by atoms with Gasteiger partial charge in [-0.1, -0.05) is 13.8 Å². The molecular formula is C8H15F3O. The van der Waals surface area contributed by atoms with E-state index in [0.29, 0.717) is 0 Å². The molecule has 0 fully saturated rings. The van der Waals surface area contributed by atoms with Gasteiger partial charge < -0.3 is 4.74 Å². The molecule has 0 unspecified atom stereocenters. The number of hydrogen-bond acceptors (Lipinski definition) is 1. The van der Waals surface area contributed by atoms with E-state index in [-0.39, 0.29) is 12.0 Å². The first-order valence-corrected chi connectivity index (χ1v) is 3.97. The molecule has 74 valence electrons. The van der Waals surface area contributed by atoms with Crippen molar-refractivity contribution >= 4 is 0 Å². The van der Waals surface area contributed by atoms with Crippen molar-refractivity contribution < 1.29 is 17.9 Å². The molecule has 0 aliphatic rings. The summed E-state index contributed by atoms with van der Waals surface area (Å²) in [5, 5.41) is 0. The van der Waals surface area contributed by atoms with Gasteiger partial charge in [0.2, 0.25) is 0 Å². The average Bonchev–Trinajstić information content (AvgIpc) is 1.85. The third-order valence-corrected chi connectivity index (χ3v) is 1.82. The molecule has 12 heavy (non-hydrogen) atoms. The maximum atomic E-state index is 11.9. The predicted octanol–water partition coefficient (Wildman–Crippen LogP) is 3.00. The van der Waals surface area contributed by atoms with Crippen LogP contribution in [0.2, 0.25) is 0 Å². The molecule has 0 radical (unpaired) electrons. The Morgan fingerprint density at radius 3 is 1.67 bits per heavy atom. The van der Waals surface area contributed by atoms with E-state index in [2.05, 4.69) is 0 Å². The highest BCUT2D eigenvalue weighted by atomic mass is 19.4. The molecule has 0 aromatic heterocycles. The lowest BCUT2D eigenvalue weighted by Gasteiger charge is -2.23. The minimum atomic E-state index is -4.25. The number of hydrogen-bond donors (Lipinski definition) is 0. The smallest absolute Gasteiger partial charge is 0.366 e. The van der Waals surface area contributed by atoms with Gasteiger partial charge in [-0.15, -0.1) is 0 Å². The third kappa shape index (κ3) is 3.95. The molecule has 0 aliphatic heterocycles. The van der Waals surface area contributed by atoms with E-state index in [1.54, 1.807) is 6.92 Å². The van der Waals surface area contributed by atoms with Gasteiger partial charge in [0.15, 0.2) is 6.10 Å². The first kappa shape index (κ1) is 11.8. The third-order valence-electron chi connectivity index (χ3n) is 1.82. The molecule has 0 aromatic rings. The Kier molecular flexibility index (Phi) is 4.03. The van der Waals surface area contributed by atoms with Crippen LogP contribution in [0.15, 0.2) is 0 Å². The van der Waals surface area contributed by atoms with Crippen molar-refractivity contribution in [2.45, 2.75) is 46.1 Å². The zero-order valence-corrected chi connectivity index (χ0v) is 7.77. The summed E-state index contributed by atoms with van der Waals surface area (Å²) >= 11 is 0. The Balaban J connectivity index is 3.93. The normalized spacial score (nSPS) is 18.0. The van der Waals surface area contributed by atoms with Gasteiger partial charge in [-0.25, -0.2) is 0 Å². The van der Waals surface area contributed by atoms with Crippen molar-refractivity contribution in [1.29, 1.82) is 0 Å². The Morgan fingerprint density at radius 2 is 1.42 bits per heavy atom. The first-order chi connectivity index (χ1) is 5.25. The van der Waals surface area contributed by atoms with E-state index in [1.165, 1.54) is 0 Å². The molecule has 0 N–H and O–H groups in total. The predicted molar refractivity (Wildman–Crippen MR) is 40.9 cm³/mol. The molecular weight excluding hydrogens is 169 g/mol. The Morgan fingerprint density at radius 1 is 1.00 bits per heavy atom. The van der Waals surface area contributed by atoms with Gasteiger partial charge in [0.1, 0.15) is 0 Å². The lowest BCUT2D eigenvalue weighted by Crippen LogP contribution is -2.33. The van der Waals surface area contributed by atoms with Crippen LogP contribution in [-0.4, -0.2) is 18.4 Å². The largest absolute Gasteiger partial charge is 0.414 e. The molecule has 0 aromatic carbocycles. The van der Waals surface area contributed by atoms with Crippen LogP contribution < -0.4 is 0 Å². The first-order valence-electron chi connectivity index (χ1n) is 3.97. The quantitative estimate of drug-likeness (QED) is 0.655. The van der Waals surface area contributed by atoms with Gasteiger partial charge in [-0.3, -0.25) is 0 Å². The Hall–Kier alpha value is -0.250. The maximum Gasteiger partial charge on any atom is 0.414 e. The van der Waals surface area contributed by atoms with Crippen molar-refractivity contribution in [3.8, 4) is 0 Å². The summed E-state index contributed by atoms with van der Waals surface area (Å²) in [5.41, 5.74) is 0. The van der Waals surface area contributed by atoms with E-state index in [4.69, 9.17) is 4.74 Å². The molecule has 0 aliphatic carbocycles. The molecule has 2 atom stereocenters. The summed E-state index contributed by atoms with van der Waals surface area (Å²) in [6.07, 6.45) is -6.28. The molecule has 0 saturated carbocycles. The SMILES string of the molecule is CC(C)[C@H](C)O[C@H](C)C(F)(F)F. The van der Waals surface area contributed by atoms with E-state index in [9.17, 15) is 13.2 Å². The van der Waals surface area contributed by atoms with Crippen LogP contribution in [0.1, 0.15) is 27.7 Å². The average molecular weight is 184 g/mol. The number of ether oxygens (including phenoxy) is 1. The topological polar surface area (TPSA) is 9.23 Å². The Bertz CT molecular complexity index is 131. The number of rotatable bonds is 3. The van der Waals surface area contributed by atoms with Crippen LogP contribution >= 0.6 is 0 Å². The van der Waals surface area contributed by atoms with Crippen molar-refractivity contribution in [2.24, 2.45) is 5.92 Å². The summed E-state index contributed by atoms with van der Waals surface area (Å²) < 4.78 is 40.6. The zero-order chi connectivity index (χ0) is 9.94. The van der Waals surface area contributed by atoms with Gasteiger partial charge in [0.05, 0.1) is 6.10 Å². The summed E-state index contributed by atoms with van der Waals surface area (Å²) in [7, 11) is 0. The standard InChI is InChI=1S/C8H15F3O/c1-5(2)6(3)12-7(4)8(9,10)11/h5-7H,1-4H3/t6-,7+/m0/s1. The van der Waals surface area contributed by atoms with Crippen molar-refractivity contribution in [3.63, 3.8) is 0 Å². The van der Waals surface area contributed by atoms with Crippen LogP contribution in [0.25, 0.3) is 0 Å². The summed E-state index contributed by atoms with van der Waals surface area (Å²) in [6, 6.07) is 0. The van der Waals surface area contributed by atoms with E-state index in [0.717, 1.165) is 6.92 Å². The molecule has 0 heterocycles. The van der Waals surface area contributed by atoms with Gasteiger partial charge in [0, 0.05) is 0 Å². The highest BCUT2D eigenvalue weighted by Crippen LogP contribution is 2.24.